The predicted octanol–water partition coefficient (Wildman–Crippen LogP) is 5.65. The molecule has 0 aromatic heterocycles. The fourth-order valence-corrected chi connectivity index (χ4v) is 4.90. The van der Waals surface area contributed by atoms with Gasteiger partial charge in [0, 0.05) is 16.3 Å². The molecule has 1 saturated heterocycles. The molecule has 1 fully saturated rings. The van der Waals surface area contributed by atoms with Crippen LogP contribution < -0.4 is 4.90 Å². The highest BCUT2D eigenvalue weighted by atomic mass is 35.5. The van der Waals surface area contributed by atoms with Gasteiger partial charge in [0.2, 0.25) is 11.7 Å². The largest absolute Gasteiger partial charge is 0.288 e. The second-order valence-corrected chi connectivity index (χ2v) is 8.50. The molecule has 0 spiro atoms. The van der Waals surface area contributed by atoms with Crippen LogP contribution in [-0.4, -0.2) is 16.9 Å². The van der Waals surface area contributed by atoms with E-state index in [1.165, 1.54) is 16.7 Å². The molecule has 0 aliphatic carbocycles. The van der Waals surface area contributed by atoms with E-state index >= 15 is 0 Å². The van der Waals surface area contributed by atoms with E-state index in [0.717, 1.165) is 5.56 Å². The quantitative estimate of drug-likeness (QED) is 0.290. The lowest BCUT2D eigenvalue weighted by atomic mass is 10.0. The van der Waals surface area contributed by atoms with Crippen molar-refractivity contribution in [1.29, 1.82) is 5.26 Å². The smallest absolute Gasteiger partial charge is 0.245 e. The van der Waals surface area contributed by atoms with Crippen molar-refractivity contribution >= 4 is 40.7 Å². The third kappa shape index (κ3) is 4.27. The van der Waals surface area contributed by atoms with Gasteiger partial charge in [-0.2, -0.15) is 5.26 Å². The van der Waals surface area contributed by atoms with Gasteiger partial charge in [0.05, 0.1) is 5.25 Å². The van der Waals surface area contributed by atoms with Crippen LogP contribution in [0.4, 0.5) is 5.69 Å². The standard InChI is InChI=1S/C25H17ClN2O2S/c26-21-14-8-7-11-18(21)15-22-24(30)28(19-12-5-2-6-13-19)25(31-22)20(16-27)23(29)17-9-3-1-4-10-17/h1-14,22H,15H2/b25-20-. The van der Waals surface area contributed by atoms with Gasteiger partial charge in [-0.05, 0) is 30.2 Å². The van der Waals surface area contributed by atoms with Gasteiger partial charge in [-0.15, -0.1) is 0 Å². The Hall–Kier alpha value is -3.33. The van der Waals surface area contributed by atoms with E-state index in [2.05, 4.69) is 0 Å². The van der Waals surface area contributed by atoms with Crippen LogP contribution in [0.5, 0.6) is 0 Å². The zero-order valence-corrected chi connectivity index (χ0v) is 17.9. The molecule has 1 atom stereocenters. The molecule has 152 valence electrons. The SMILES string of the molecule is N#C/C(C(=O)c1ccccc1)=C1/SC(Cc2ccccc2Cl)C(=O)N1c1ccccc1. The van der Waals surface area contributed by atoms with Gasteiger partial charge in [0.25, 0.3) is 0 Å². The number of hydrogen-bond donors (Lipinski definition) is 0. The number of nitriles is 1. The molecule has 3 aromatic rings. The minimum atomic E-state index is -0.498. The number of benzene rings is 3. The Morgan fingerprint density at radius 2 is 1.58 bits per heavy atom. The predicted molar refractivity (Wildman–Crippen MR) is 124 cm³/mol. The number of carbonyl (C=O) groups excluding carboxylic acids is 2. The molecular formula is C25H17ClN2O2S. The first-order valence-corrected chi connectivity index (χ1v) is 10.9. The number of nitrogens with zero attached hydrogens (tertiary/aromatic N) is 2. The Balaban J connectivity index is 1.79. The number of hydrogen-bond acceptors (Lipinski definition) is 4. The number of Topliss-reactive ketones (excluding diaryl/α,β-unsaturated/α-hetero) is 1. The van der Waals surface area contributed by atoms with Crippen LogP contribution in [0.15, 0.2) is 95.5 Å². The molecule has 3 aromatic carbocycles. The molecule has 4 rings (SSSR count). The molecule has 6 heteroatoms. The maximum absolute atomic E-state index is 13.4. The number of halogens is 1. The summed E-state index contributed by atoms with van der Waals surface area (Å²) in [4.78, 5) is 28.0. The van der Waals surface area contributed by atoms with Crippen molar-refractivity contribution in [1.82, 2.24) is 0 Å². The highest BCUT2D eigenvalue weighted by molar-refractivity contribution is 8.05. The summed E-state index contributed by atoms with van der Waals surface area (Å²) in [7, 11) is 0. The van der Waals surface area contributed by atoms with E-state index in [0.29, 0.717) is 27.7 Å². The number of carbonyl (C=O) groups is 2. The lowest BCUT2D eigenvalue weighted by Crippen LogP contribution is -2.30. The van der Waals surface area contributed by atoms with Crippen molar-refractivity contribution in [2.45, 2.75) is 11.7 Å². The van der Waals surface area contributed by atoms with Gasteiger partial charge in [-0.1, -0.05) is 90.1 Å². The Kier molecular flexibility index (Phi) is 6.22. The van der Waals surface area contributed by atoms with E-state index in [1.54, 1.807) is 48.5 Å². The summed E-state index contributed by atoms with van der Waals surface area (Å²) in [6, 6.07) is 27.1. The molecule has 1 unspecified atom stereocenters. The lowest BCUT2D eigenvalue weighted by molar-refractivity contribution is -0.117. The fraction of sp³-hybridized carbons (Fsp3) is 0.0800. The number of anilines is 1. The van der Waals surface area contributed by atoms with Crippen LogP contribution in [0, 0.1) is 11.3 Å². The van der Waals surface area contributed by atoms with Crippen molar-refractivity contribution in [3.05, 3.63) is 112 Å². The van der Waals surface area contributed by atoms with E-state index in [-0.39, 0.29) is 11.5 Å². The highest BCUT2D eigenvalue weighted by Gasteiger charge is 2.41. The van der Waals surface area contributed by atoms with Crippen LogP contribution in [-0.2, 0) is 11.2 Å². The maximum Gasteiger partial charge on any atom is 0.245 e. The summed E-state index contributed by atoms with van der Waals surface area (Å²) in [6.07, 6.45) is 0.397. The second kappa shape index (κ2) is 9.22. The summed E-state index contributed by atoms with van der Waals surface area (Å²) in [5, 5.41) is 10.3. The molecule has 1 aliphatic heterocycles. The first-order chi connectivity index (χ1) is 15.1. The van der Waals surface area contributed by atoms with Gasteiger partial charge in [-0.25, -0.2) is 0 Å². The maximum atomic E-state index is 13.4. The van der Waals surface area contributed by atoms with Gasteiger partial charge < -0.3 is 0 Å². The van der Waals surface area contributed by atoms with Gasteiger partial charge in [0.1, 0.15) is 16.7 Å². The van der Waals surface area contributed by atoms with E-state index in [9.17, 15) is 14.9 Å². The molecule has 0 bridgehead atoms. The summed E-state index contributed by atoms with van der Waals surface area (Å²) in [6.45, 7) is 0. The van der Waals surface area contributed by atoms with Crippen LogP contribution in [0.2, 0.25) is 5.02 Å². The Morgan fingerprint density at radius 3 is 2.23 bits per heavy atom. The minimum absolute atomic E-state index is 0.0462. The third-order valence-corrected chi connectivity index (χ3v) is 6.55. The zero-order chi connectivity index (χ0) is 21.8. The van der Waals surface area contributed by atoms with Crippen LogP contribution >= 0.6 is 23.4 Å². The topological polar surface area (TPSA) is 61.2 Å². The number of allylic oxidation sites excluding steroid dienone is 1. The van der Waals surface area contributed by atoms with Crippen molar-refractivity contribution < 1.29 is 9.59 Å². The van der Waals surface area contributed by atoms with E-state index in [4.69, 9.17) is 11.6 Å². The second-order valence-electron chi connectivity index (χ2n) is 6.90. The molecule has 0 radical (unpaired) electrons. The van der Waals surface area contributed by atoms with Crippen LogP contribution in [0.25, 0.3) is 0 Å². The third-order valence-electron chi connectivity index (χ3n) is 4.92. The molecule has 1 amide bonds. The average molecular weight is 445 g/mol. The summed E-state index contributed by atoms with van der Waals surface area (Å²) >= 11 is 7.54. The van der Waals surface area contributed by atoms with E-state index < -0.39 is 11.0 Å². The van der Waals surface area contributed by atoms with Gasteiger partial charge >= 0.3 is 0 Å². The lowest BCUT2D eigenvalue weighted by Gasteiger charge is -2.18. The minimum Gasteiger partial charge on any atom is -0.288 e. The van der Waals surface area contributed by atoms with E-state index in [1.807, 2.05) is 42.5 Å². The normalized spacial score (nSPS) is 17.4. The molecule has 4 nitrogen and oxygen atoms in total. The molecule has 31 heavy (non-hydrogen) atoms. The zero-order valence-electron chi connectivity index (χ0n) is 16.4. The summed E-state index contributed by atoms with van der Waals surface area (Å²) < 4.78 is 0. The van der Waals surface area contributed by atoms with Crippen molar-refractivity contribution in [3.8, 4) is 6.07 Å². The first kappa shape index (κ1) is 20.9. The number of rotatable bonds is 5. The molecule has 1 heterocycles. The fourth-order valence-electron chi connectivity index (χ4n) is 3.40. The Morgan fingerprint density at radius 1 is 0.968 bits per heavy atom. The van der Waals surface area contributed by atoms with Crippen molar-refractivity contribution in [2.75, 3.05) is 4.90 Å². The van der Waals surface area contributed by atoms with Crippen molar-refractivity contribution in [3.63, 3.8) is 0 Å². The molecule has 0 N–H and O–H groups in total. The van der Waals surface area contributed by atoms with Crippen LogP contribution in [0.1, 0.15) is 15.9 Å². The first-order valence-electron chi connectivity index (χ1n) is 9.63. The summed E-state index contributed by atoms with van der Waals surface area (Å²) in [5.41, 5.74) is 1.82. The van der Waals surface area contributed by atoms with Crippen LogP contribution in [0.3, 0.4) is 0 Å². The number of para-hydroxylation sites is 1. The molecule has 0 saturated carbocycles. The van der Waals surface area contributed by atoms with Gasteiger partial charge in [0.15, 0.2) is 0 Å². The number of thioether (sulfide) groups is 1. The Labute approximate surface area is 189 Å². The monoisotopic (exact) mass is 444 g/mol. The number of amides is 1. The number of ketones is 1. The highest BCUT2D eigenvalue weighted by Crippen LogP contribution is 2.42. The molecule has 1 aliphatic rings. The molecular weight excluding hydrogens is 428 g/mol. The van der Waals surface area contributed by atoms with Crippen molar-refractivity contribution in [2.24, 2.45) is 0 Å². The van der Waals surface area contributed by atoms with Gasteiger partial charge in [-0.3, -0.25) is 14.5 Å². The average Bonchev–Trinajstić information content (AvgIpc) is 3.12. The summed E-state index contributed by atoms with van der Waals surface area (Å²) in [5.74, 6) is -0.586. The Bertz CT molecular complexity index is 1200.